The molecule has 9 heteroatoms. The third-order valence-electron chi connectivity index (χ3n) is 5.97. The molecule has 4 rings (SSSR count). The summed E-state index contributed by atoms with van der Waals surface area (Å²) in [6.45, 7) is 5.74. The molecule has 0 fully saturated rings. The number of fused-ring (bicyclic) bond motifs is 1. The van der Waals surface area contributed by atoms with Gasteiger partial charge in [0.25, 0.3) is 5.56 Å². The minimum Gasteiger partial charge on any atom is -0.462 e. The lowest BCUT2D eigenvalue weighted by molar-refractivity contribution is 0.0526. The molecule has 0 atom stereocenters. The molecule has 0 bridgehead atoms. The number of nitrogens with zero attached hydrogens (tertiary/aromatic N) is 2. The van der Waals surface area contributed by atoms with Gasteiger partial charge in [-0.1, -0.05) is 6.07 Å². The molecule has 0 aliphatic rings. The normalized spacial score (nSPS) is 11.7. The standard InChI is InChI=1S/C27H27N3O5S/c1-4-35-27(32)21-7-9-24(10-8-21)36(33,34)30(16-20-6-5-11-28-15-20)17-23-14-22-12-18(2)19(3)13-25(22)29-26(23)31/h5-15H,4,16-17H2,1-3H3,(H,29,31). The summed E-state index contributed by atoms with van der Waals surface area (Å²) in [5, 5.41) is 0.824. The van der Waals surface area contributed by atoms with E-state index in [1.54, 1.807) is 37.5 Å². The Bertz CT molecular complexity index is 1560. The third kappa shape index (κ3) is 5.37. The van der Waals surface area contributed by atoms with Gasteiger partial charge in [0.15, 0.2) is 0 Å². The van der Waals surface area contributed by atoms with Gasteiger partial charge >= 0.3 is 5.97 Å². The van der Waals surface area contributed by atoms with Crippen LogP contribution in [0.15, 0.2) is 76.7 Å². The SMILES string of the molecule is CCOC(=O)c1ccc(S(=O)(=O)N(Cc2cccnc2)Cc2cc3cc(C)c(C)cc3[nH]c2=O)cc1. The van der Waals surface area contributed by atoms with Crippen molar-refractivity contribution in [2.75, 3.05) is 6.61 Å². The largest absolute Gasteiger partial charge is 0.462 e. The molecular formula is C27H27N3O5S. The lowest BCUT2D eigenvalue weighted by atomic mass is 10.0. The smallest absolute Gasteiger partial charge is 0.338 e. The van der Waals surface area contributed by atoms with E-state index in [4.69, 9.17) is 4.74 Å². The van der Waals surface area contributed by atoms with Gasteiger partial charge < -0.3 is 9.72 Å². The summed E-state index contributed by atoms with van der Waals surface area (Å²) in [5.74, 6) is -0.526. The van der Waals surface area contributed by atoms with E-state index in [9.17, 15) is 18.0 Å². The van der Waals surface area contributed by atoms with Crippen molar-refractivity contribution >= 4 is 26.9 Å². The van der Waals surface area contributed by atoms with Crippen LogP contribution >= 0.6 is 0 Å². The van der Waals surface area contributed by atoms with Crippen molar-refractivity contribution in [2.24, 2.45) is 0 Å². The lowest BCUT2D eigenvalue weighted by Gasteiger charge is -2.22. The quantitative estimate of drug-likeness (QED) is 0.361. The summed E-state index contributed by atoms with van der Waals surface area (Å²) in [5.41, 5.74) is 3.72. The summed E-state index contributed by atoms with van der Waals surface area (Å²) < 4.78 is 33.6. The van der Waals surface area contributed by atoms with Crippen molar-refractivity contribution in [1.29, 1.82) is 0 Å². The summed E-state index contributed by atoms with van der Waals surface area (Å²) >= 11 is 0. The summed E-state index contributed by atoms with van der Waals surface area (Å²) in [6.07, 6.45) is 3.19. The van der Waals surface area contributed by atoms with Crippen LogP contribution in [0.1, 0.15) is 39.5 Å². The molecule has 0 saturated carbocycles. The van der Waals surface area contributed by atoms with E-state index in [-0.39, 0.29) is 35.7 Å². The van der Waals surface area contributed by atoms with Crippen molar-refractivity contribution in [1.82, 2.24) is 14.3 Å². The van der Waals surface area contributed by atoms with E-state index in [1.165, 1.54) is 28.6 Å². The first-order chi connectivity index (χ1) is 17.2. The molecule has 0 aliphatic carbocycles. The Kier molecular flexibility index (Phi) is 7.32. The van der Waals surface area contributed by atoms with Gasteiger partial charge in [0.05, 0.1) is 17.1 Å². The molecule has 0 aliphatic heterocycles. The molecule has 0 amide bonds. The van der Waals surface area contributed by atoms with Crippen LogP contribution in [0.25, 0.3) is 10.9 Å². The zero-order valence-corrected chi connectivity index (χ0v) is 21.1. The Labute approximate surface area is 209 Å². The number of aromatic nitrogens is 2. The number of rotatable bonds is 8. The monoisotopic (exact) mass is 505 g/mol. The average Bonchev–Trinajstić information content (AvgIpc) is 2.86. The maximum atomic E-state index is 13.7. The van der Waals surface area contributed by atoms with Crippen LogP contribution < -0.4 is 5.56 Å². The second-order valence-electron chi connectivity index (χ2n) is 8.53. The van der Waals surface area contributed by atoms with Gasteiger partial charge in [-0.25, -0.2) is 13.2 Å². The summed E-state index contributed by atoms with van der Waals surface area (Å²) in [4.78, 5) is 31.9. The molecule has 8 nitrogen and oxygen atoms in total. The van der Waals surface area contributed by atoms with Crippen LogP contribution in [0.2, 0.25) is 0 Å². The zero-order chi connectivity index (χ0) is 25.9. The number of carbonyl (C=O) groups excluding carboxylic acids is 1. The van der Waals surface area contributed by atoms with Gasteiger partial charge in [-0.15, -0.1) is 0 Å². The zero-order valence-electron chi connectivity index (χ0n) is 20.3. The van der Waals surface area contributed by atoms with Crippen molar-refractivity contribution in [3.05, 3.63) is 105 Å². The van der Waals surface area contributed by atoms with Crippen LogP contribution in [0.5, 0.6) is 0 Å². The topological polar surface area (TPSA) is 109 Å². The Balaban J connectivity index is 1.74. The van der Waals surface area contributed by atoms with Gasteiger partial charge in [-0.2, -0.15) is 4.31 Å². The number of nitrogens with one attached hydrogen (secondary N) is 1. The Morgan fingerprint density at radius 3 is 2.42 bits per heavy atom. The maximum absolute atomic E-state index is 13.7. The number of hydrogen-bond acceptors (Lipinski definition) is 6. The number of H-pyrrole nitrogens is 1. The van der Waals surface area contributed by atoms with E-state index in [1.807, 2.05) is 26.0 Å². The third-order valence-corrected chi connectivity index (χ3v) is 7.77. The molecule has 0 radical (unpaired) electrons. The van der Waals surface area contributed by atoms with Crippen LogP contribution in [-0.2, 0) is 27.8 Å². The highest BCUT2D eigenvalue weighted by atomic mass is 32.2. The molecule has 4 aromatic rings. The van der Waals surface area contributed by atoms with Crippen LogP contribution in [0, 0.1) is 13.8 Å². The second-order valence-corrected chi connectivity index (χ2v) is 10.5. The first kappa shape index (κ1) is 25.3. The van der Waals surface area contributed by atoms with E-state index in [2.05, 4.69) is 9.97 Å². The van der Waals surface area contributed by atoms with Crippen LogP contribution in [-0.4, -0.2) is 35.3 Å². The first-order valence-electron chi connectivity index (χ1n) is 11.5. The van der Waals surface area contributed by atoms with Crippen molar-refractivity contribution in [2.45, 2.75) is 38.8 Å². The predicted octanol–water partition coefficient (Wildman–Crippen LogP) is 4.11. The second kappa shape index (κ2) is 10.4. The van der Waals surface area contributed by atoms with Crippen LogP contribution in [0.4, 0.5) is 0 Å². The number of hydrogen-bond donors (Lipinski definition) is 1. The van der Waals surface area contributed by atoms with E-state index >= 15 is 0 Å². The Morgan fingerprint density at radius 1 is 1.03 bits per heavy atom. The van der Waals surface area contributed by atoms with Gasteiger partial charge in [0.1, 0.15) is 0 Å². The average molecular weight is 506 g/mol. The molecule has 0 unspecified atom stereocenters. The molecule has 2 aromatic carbocycles. The minimum atomic E-state index is -4.04. The molecule has 1 N–H and O–H groups in total. The summed E-state index contributed by atoms with van der Waals surface area (Å²) in [7, 11) is -4.04. The van der Waals surface area contributed by atoms with Crippen LogP contribution in [0.3, 0.4) is 0 Å². The summed E-state index contributed by atoms with van der Waals surface area (Å²) in [6, 6.07) is 14.7. The predicted molar refractivity (Wildman–Crippen MR) is 137 cm³/mol. The molecule has 0 spiro atoms. The number of pyridine rings is 2. The highest BCUT2D eigenvalue weighted by Crippen LogP contribution is 2.23. The number of sulfonamides is 1. The number of benzene rings is 2. The van der Waals surface area contributed by atoms with Gasteiger partial charge in [0, 0.05) is 36.6 Å². The van der Waals surface area contributed by atoms with E-state index in [0.717, 1.165) is 16.5 Å². The van der Waals surface area contributed by atoms with Gasteiger partial charge in [-0.05, 0) is 91.4 Å². The Hall–Kier alpha value is -3.82. The fourth-order valence-electron chi connectivity index (χ4n) is 3.88. The molecule has 2 heterocycles. The van der Waals surface area contributed by atoms with E-state index in [0.29, 0.717) is 16.6 Å². The van der Waals surface area contributed by atoms with E-state index < -0.39 is 16.0 Å². The molecule has 0 saturated heterocycles. The molecule has 36 heavy (non-hydrogen) atoms. The van der Waals surface area contributed by atoms with Crippen molar-refractivity contribution in [3.8, 4) is 0 Å². The fourth-order valence-corrected chi connectivity index (χ4v) is 5.28. The van der Waals surface area contributed by atoms with Crippen molar-refractivity contribution < 1.29 is 17.9 Å². The number of aromatic amines is 1. The molecule has 186 valence electrons. The number of esters is 1. The number of carbonyl (C=O) groups is 1. The number of ether oxygens (including phenoxy) is 1. The lowest BCUT2D eigenvalue weighted by Crippen LogP contribution is -2.32. The number of aryl methyl sites for hydroxylation is 2. The van der Waals surface area contributed by atoms with Gasteiger partial charge in [-0.3, -0.25) is 9.78 Å². The molecule has 2 aromatic heterocycles. The maximum Gasteiger partial charge on any atom is 0.338 e. The molecular weight excluding hydrogens is 478 g/mol. The minimum absolute atomic E-state index is 0.00289. The van der Waals surface area contributed by atoms with Crippen molar-refractivity contribution in [3.63, 3.8) is 0 Å². The highest BCUT2D eigenvalue weighted by Gasteiger charge is 2.26. The first-order valence-corrected chi connectivity index (χ1v) is 12.9. The fraction of sp³-hybridized carbons (Fsp3) is 0.222. The Morgan fingerprint density at radius 2 is 1.75 bits per heavy atom. The highest BCUT2D eigenvalue weighted by molar-refractivity contribution is 7.89. The van der Waals surface area contributed by atoms with Gasteiger partial charge in [0.2, 0.25) is 10.0 Å².